The van der Waals surface area contributed by atoms with Gasteiger partial charge in [0.15, 0.2) is 0 Å². The van der Waals surface area contributed by atoms with Crippen LogP contribution in [0.3, 0.4) is 0 Å². The van der Waals surface area contributed by atoms with Gasteiger partial charge in [-0.25, -0.2) is 4.39 Å². The summed E-state index contributed by atoms with van der Waals surface area (Å²) in [5.74, 6) is -0.568. The van der Waals surface area contributed by atoms with Crippen LogP contribution in [0, 0.1) is 19.7 Å². The number of carbonyl (C=O) groups is 1. The molecule has 0 bridgehead atoms. The Balaban J connectivity index is 2.38. The first kappa shape index (κ1) is 19.4. The van der Waals surface area contributed by atoms with E-state index in [-0.39, 0.29) is 23.3 Å². The van der Waals surface area contributed by atoms with Crippen LogP contribution in [0.4, 0.5) is 4.39 Å². The van der Waals surface area contributed by atoms with Crippen LogP contribution in [0.25, 0.3) is 0 Å². The number of halogens is 2. The lowest BCUT2D eigenvalue weighted by molar-refractivity contribution is 0.0937. The van der Waals surface area contributed by atoms with Crippen molar-refractivity contribution in [3.8, 4) is 0 Å². The number of pyridine rings is 1. The van der Waals surface area contributed by atoms with E-state index in [1.165, 1.54) is 12.1 Å². The zero-order valence-corrected chi connectivity index (χ0v) is 16.4. The molecule has 134 valence electrons. The van der Waals surface area contributed by atoms with Crippen molar-refractivity contribution < 1.29 is 9.18 Å². The van der Waals surface area contributed by atoms with Gasteiger partial charge in [-0.2, -0.15) is 0 Å². The Bertz CT molecular complexity index is 844. The molecule has 0 unspecified atom stereocenters. The van der Waals surface area contributed by atoms with E-state index < -0.39 is 0 Å². The van der Waals surface area contributed by atoms with E-state index in [2.05, 4.69) is 21.2 Å². The van der Waals surface area contributed by atoms with Crippen molar-refractivity contribution in [2.45, 2.75) is 46.7 Å². The first-order chi connectivity index (χ1) is 11.8. The molecule has 1 heterocycles. The SMILES string of the molecule is CCCn1c(C)c(C(=O)N[C@@H](C)c2ccc(F)cc2)c(C)c(Br)c1=O. The molecule has 1 atom stereocenters. The van der Waals surface area contributed by atoms with Crippen LogP contribution in [0.15, 0.2) is 33.5 Å². The molecule has 0 spiro atoms. The molecular formula is C19H22BrFN2O2. The van der Waals surface area contributed by atoms with Gasteiger partial charge in [0.2, 0.25) is 0 Å². The molecule has 1 aromatic carbocycles. The normalized spacial score (nSPS) is 12.1. The van der Waals surface area contributed by atoms with E-state index in [1.54, 1.807) is 30.5 Å². The summed E-state index contributed by atoms with van der Waals surface area (Å²) in [6.07, 6.45) is 0.795. The minimum absolute atomic E-state index is 0.125. The second kappa shape index (κ2) is 7.95. The van der Waals surface area contributed by atoms with Gasteiger partial charge >= 0.3 is 0 Å². The topological polar surface area (TPSA) is 51.1 Å². The van der Waals surface area contributed by atoms with E-state index in [1.807, 2.05) is 13.8 Å². The van der Waals surface area contributed by atoms with Gasteiger partial charge in [-0.15, -0.1) is 0 Å². The number of hydrogen-bond donors (Lipinski definition) is 1. The first-order valence-corrected chi connectivity index (χ1v) is 9.03. The number of aromatic nitrogens is 1. The highest BCUT2D eigenvalue weighted by Crippen LogP contribution is 2.21. The van der Waals surface area contributed by atoms with Gasteiger partial charge < -0.3 is 9.88 Å². The first-order valence-electron chi connectivity index (χ1n) is 8.23. The molecule has 1 aromatic heterocycles. The largest absolute Gasteiger partial charge is 0.345 e. The summed E-state index contributed by atoms with van der Waals surface area (Å²) in [5.41, 5.74) is 2.45. The van der Waals surface area contributed by atoms with E-state index in [0.717, 1.165) is 12.0 Å². The zero-order chi connectivity index (χ0) is 18.7. The van der Waals surface area contributed by atoms with Crippen molar-refractivity contribution in [2.75, 3.05) is 0 Å². The van der Waals surface area contributed by atoms with E-state index in [9.17, 15) is 14.0 Å². The molecule has 0 aliphatic rings. The molecule has 0 radical (unpaired) electrons. The minimum atomic E-state index is -0.315. The van der Waals surface area contributed by atoms with Gasteiger partial charge in [-0.3, -0.25) is 9.59 Å². The van der Waals surface area contributed by atoms with Crippen molar-refractivity contribution >= 4 is 21.8 Å². The fourth-order valence-corrected chi connectivity index (χ4v) is 3.29. The lowest BCUT2D eigenvalue weighted by Crippen LogP contribution is -2.33. The van der Waals surface area contributed by atoms with Crippen LogP contribution in [-0.2, 0) is 6.54 Å². The van der Waals surface area contributed by atoms with Crippen molar-refractivity contribution in [1.82, 2.24) is 9.88 Å². The maximum absolute atomic E-state index is 13.1. The van der Waals surface area contributed by atoms with Crippen LogP contribution in [0.2, 0.25) is 0 Å². The molecule has 1 N–H and O–H groups in total. The molecule has 4 nitrogen and oxygen atoms in total. The lowest BCUT2D eigenvalue weighted by Gasteiger charge is -2.20. The molecule has 0 aliphatic heterocycles. The third-order valence-electron chi connectivity index (χ3n) is 4.30. The molecule has 2 aromatic rings. The number of nitrogens with zero attached hydrogens (tertiary/aromatic N) is 1. The summed E-state index contributed by atoms with van der Waals surface area (Å²) in [4.78, 5) is 25.2. The molecule has 6 heteroatoms. The molecule has 0 saturated heterocycles. The average Bonchev–Trinajstić information content (AvgIpc) is 2.57. The van der Waals surface area contributed by atoms with Crippen molar-refractivity contribution in [2.24, 2.45) is 0 Å². The second-order valence-corrected chi connectivity index (χ2v) is 6.90. The number of rotatable bonds is 5. The number of amides is 1. The monoisotopic (exact) mass is 408 g/mol. The highest BCUT2D eigenvalue weighted by molar-refractivity contribution is 9.10. The Morgan fingerprint density at radius 2 is 1.88 bits per heavy atom. The number of benzene rings is 1. The summed E-state index contributed by atoms with van der Waals surface area (Å²) < 4.78 is 15.1. The van der Waals surface area contributed by atoms with Crippen LogP contribution < -0.4 is 10.9 Å². The van der Waals surface area contributed by atoms with Gasteiger partial charge in [0.25, 0.3) is 11.5 Å². The Hall–Kier alpha value is -1.95. The highest BCUT2D eigenvalue weighted by Gasteiger charge is 2.21. The minimum Gasteiger partial charge on any atom is -0.345 e. The molecule has 0 saturated carbocycles. The second-order valence-electron chi connectivity index (χ2n) is 6.10. The summed E-state index contributed by atoms with van der Waals surface area (Å²) in [7, 11) is 0. The van der Waals surface area contributed by atoms with E-state index >= 15 is 0 Å². The molecule has 0 aliphatic carbocycles. The van der Waals surface area contributed by atoms with Gasteiger partial charge in [0.05, 0.1) is 16.1 Å². The molecular weight excluding hydrogens is 387 g/mol. The van der Waals surface area contributed by atoms with E-state index in [0.29, 0.717) is 27.8 Å². The number of carbonyl (C=O) groups excluding carboxylic acids is 1. The molecule has 1 amide bonds. The van der Waals surface area contributed by atoms with Gasteiger partial charge in [0.1, 0.15) is 5.82 Å². The lowest BCUT2D eigenvalue weighted by atomic mass is 10.0. The average molecular weight is 409 g/mol. The fraction of sp³-hybridized carbons (Fsp3) is 0.368. The van der Waals surface area contributed by atoms with Crippen LogP contribution in [-0.4, -0.2) is 10.5 Å². The summed E-state index contributed by atoms with van der Waals surface area (Å²) >= 11 is 3.32. The van der Waals surface area contributed by atoms with Crippen molar-refractivity contribution in [1.29, 1.82) is 0 Å². The Morgan fingerprint density at radius 1 is 1.28 bits per heavy atom. The van der Waals surface area contributed by atoms with Gasteiger partial charge in [0, 0.05) is 12.2 Å². The van der Waals surface area contributed by atoms with Crippen molar-refractivity contribution in [3.05, 3.63) is 67.3 Å². The smallest absolute Gasteiger partial charge is 0.265 e. The van der Waals surface area contributed by atoms with Gasteiger partial charge in [-0.05, 0) is 66.4 Å². The Morgan fingerprint density at radius 3 is 2.44 bits per heavy atom. The molecule has 0 fully saturated rings. The zero-order valence-electron chi connectivity index (χ0n) is 14.8. The van der Waals surface area contributed by atoms with Crippen LogP contribution in [0.1, 0.15) is 53.5 Å². The van der Waals surface area contributed by atoms with Crippen LogP contribution in [0.5, 0.6) is 0 Å². The highest BCUT2D eigenvalue weighted by atomic mass is 79.9. The third-order valence-corrected chi connectivity index (χ3v) is 5.23. The Kier molecular flexibility index (Phi) is 6.16. The summed E-state index contributed by atoms with van der Waals surface area (Å²) in [6, 6.07) is 5.75. The maximum atomic E-state index is 13.1. The van der Waals surface area contributed by atoms with E-state index in [4.69, 9.17) is 0 Å². The third kappa shape index (κ3) is 4.00. The predicted molar refractivity (Wildman–Crippen MR) is 100 cm³/mol. The standard InChI is InChI=1S/C19H22BrFN2O2/c1-5-10-23-13(4)16(11(2)17(20)19(23)25)18(24)22-12(3)14-6-8-15(21)9-7-14/h6-9,12H,5,10H2,1-4H3,(H,22,24)/t12-/m0/s1. The molecule has 25 heavy (non-hydrogen) atoms. The summed E-state index contributed by atoms with van der Waals surface area (Å²) in [6.45, 7) is 7.92. The maximum Gasteiger partial charge on any atom is 0.265 e. The predicted octanol–water partition coefficient (Wildman–Crippen LogP) is 4.27. The molecule has 2 rings (SSSR count). The van der Waals surface area contributed by atoms with Crippen LogP contribution >= 0.6 is 15.9 Å². The summed E-state index contributed by atoms with van der Waals surface area (Å²) in [5, 5.41) is 2.93. The quantitative estimate of drug-likeness (QED) is 0.802. The van der Waals surface area contributed by atoms with Crippen molar-refractivity contribution in [3.63, 3.8) is 0 Å². The van der Waals surface area contributed by atoms with Gasteiger partial charge in [-0.1, -0.05) is 19.1 Å². The number of hydrogen-bond acceptors (Lipinski definition) is 2. The number of nitrogens with one attached hydrogen (secondary N) is 1. The fourth-order valence-electron chi connectivity index (χ4n) is 2.88. The Labute approximate surface area is 155 Å².